The molecular formula is C46H38N2O3. The number of aromatic carboxylic acids is 1. The highest BCUT2D eigenvalue weighted by molar-refractivity contribution is 6.06. The predicted octanol–water partition coefficient (Wildman–Crippen LogP) is 9.84. The minimum Gasteiger partial charge on any atom is -0.478 e. The quantitative estimate of drug-likeness (QED) is 0.204. The first kappa shape index (κ1) is 32.0. The number of benzene rings is 5. The number of carbonyl (C=O) groups excluding carboxylic acids is 1. The van der Waals surface area contributed by atoms with Gasteiger partial charge in [0.2, 0.25) is 0 Å². The molecule has 9 rings (SSSR count). The Hall–Kier alpha value is -6.20. The molecule has 0 saturated heterocycles. The van der Waals surface area contributed by atoms with E-state index in [9.17, 15) is 9.59 Å². The lowest BCUT2D eigenvalue weighted by atomic mass is 9.87. The van der Waals surface area contributed by atoms with Crippen molar-refractivity contribution < 1.29 is 14.7 Å². The van der Waals surface area contributed by atoms with Crippen LogP contribution in [-0.4, -0.2) is 21.6 Å². The maximum absolute atomic E-state index is 13.6. The smallest absolute Gasteiger partial charge is 0.335 e. The van der Waals surface area contributed by atoms with E-state index in [4.69, 9.17) is 5.11 Å². The number of nitrogens with zero attached hydrogens (tertiary/aromatic N) is 2. The third-order valence-electron chi connectivity index (χ3n) is 10.1. The number of carboxylic acids is 1. The summed E-state index contributed by atoms with van der Waals surface area (Å²) in [6.07, 6.45) is 10.9. The van der Waals surface area contributed by atoms with Crippen LogP contribution in [0.5, 0.6) is 0 Å². The molecule has 0 atom stereocenters. The van der Waals surface area contributed by atoms with Gasteiger partial charge in [0.1, 0.15) is 0 Å². The van der Waals surface area contributed by atoms with Crippen LogP contribution in [0.3, 0.4) is 0 Å². The molecule has 250 valence electrons. The molecule has 5 aromatic carbocycles. The summed E-state index contributed by atoms with van der Waals surface area (Å²) >= 11 is 0. The van der Waals surface area contributed by atoms with Gasteiger partial charge in [-0.3, -0.25) is 4.79 Å². The van der Waals surface area contributed by atoms with Gasteiger partial charge in [-0.15, -0.1) is 0 Å². The van der Waals surface area contributed by atoms with Gasteiger partial charge in [-0.1, -0.05) is 103 Å². The molecule has 5 nitrogen and oxygen atoms in total. The van der Waals surface area contributed by atoms with Crippen LogP contribution in [0.1, 0.15) is 78.2 Å². The van der Waals surface area contributed by atoms with Gasteiger partial charge in [0.05, 0.1) is 12.1 Å². The molecule has 51 heavy (non-hydrogen) atoms. The van der Waals surface area contributed by atoms with Gasteiger partial charge in [0.15, 0.2) is 0 Å². The molecule has 1 aromatic heterocycles. The minimum absolute atomic E-state index is 0.0386. The number of hydrogen-bond acceptors (Lipinski definition) is 2. The number of para-hydroxylation sites is 1. The van der Waals surface area contributed by atoms with E-state index in [1.165, 1.54) is 39.0 Å². The molecule has 1 N–H and O–H groups in total. The minimum atomic E-state index is -0.885. The lowest BCUT2D eigenvalue weighted by Gasteiger charge is -2.23. The first-order valence-electron chi connectivity index (χ1n) is 17.6. The highest BCUT2D eigenvalue weighted by atomic mass is 16.4. The largest absolute Gasteiger partial charge is 0.478 e. The summed E-state index contributed by atoms with van der Waals surface area (Å²) in [6.45, 7) is 1.36. The van der Waals surface area contributed by atoms with E-state index < -0.39 is 5.97 Å². The van der Waals surface area contributed by atoms with Crippen LogP contribution >= 0.6 is 0 Å². The summed E-state index contributed by atoms with van der Waals surface area (Å²) in [6, 6.07) is 44.6. The van der Waals surface area contributed by atoms with E-state index in [-0.39, 0.29) is 5.91 Å². The number of rotatable bonds is 4. The Bertz CT molecular complexity index is 2310. The number of carboxylic acid groups (broad SMARTS) is 1. The van der Waals surface area contributed by atoms with Crippen LogP contribution in [0.15, 0.2) is 152 Å². The lowest BCUT2D eigenvalue weighted by Crippen LogP contribution is -2.30. The van der Waals surface area contributed by atoms with Crippen LogP contribution in [-0.2, 0) is 25.9 Å². The van der Waals surface area contributed by atoms with Crippen LogP contribution < -0.4 is 4.90 Å². The molecule has 1 amide bonds. The summed E-state index contributed by atoms with van der Waals surface area (Å²) in [7, 11) is 0. The number of carbonyl (C=O) groups is 2. The van der Waals surface area contributed by atoms with E-state index in [0.29, 0.717) is 17.7 Å². The van der Waals surface area contributed by atoms with E-state index in [1.807, 2.05) is 47.4 Å². The van der Waals surface area contributed by atoms with E-state index in [0.717, 1.165) is 54.7 Å². The third-order valence-corrected chi connectivity index (χ3v) is 10.1. The topological polar surface area (TPSA) is 62.5 Å². The molecular weight excluding hydrogens is 629 g/mol. The number of hydrogen-bond donors (Lipinski definition) is 1. The van der Waals surface area contributed by atoms with Gasteiger partial charge in [0, 0.05) is 29.7 Å². The fourth-order valence-electron chi connectivity index (χ4n) is 7.52. The zero-order valence-electron chi connectivity index (χ0n) is 28.3. The Labute approximate surface area is 298 Å². The maximum Gasteiger partial charge on any atom is 0.335 e. The van der Waals surface area contributed by atoms with Crippen molar-refractivity contribution in [1.29, 1.82) is 0 Å². The highest BCUT2D eigenvalue weighted by Gasteiger charge is 2.25. The molecule has 2 heterocycles. The fourth-order valence-corrected chi connectivity index (χ4v) is 7.52. The second-order valence-electron chi connectivity index (χ2n) is 13.2. The van der Waals surface area contributed by atoms with Crippen molar-refractivity contribution in [3.63, 3.8) is 0 Å². The zero-order chi connectivity index (χ0) is 34.7. The van der Waals surface area contributed by atoms with Crippen molar-refractivity contribution >= 4 is 28.7 Å². The zero-order valence-corrected chi connectivity index (χ0v) is 28.3. The summed E-state index contributed by atoms with van der Waals surface area (Å²) in [4.78, 5) is 26.4. The molecule has 6 aromatic rings. The highest BCUT2D eigenvalue weighted by Crippen LogP contribution is 2.34. The Morgan fingerprint density at radius 1 is 0.529 bits per heavy atom. The van der Waals surface area contributed by atoms with Crippen LogP contribution in [0, 0.1) is 0 Å². The maximum atomic E-state index is 13.6. The van der Waals surface area contributed by atoms with Gasteiger partial charge in [-0.05, 0) is 118 Å². The normalized spacial score (nSPS) is 14.2. The van der Waals surface area contributed by atoms with Gasteiger partial charge >= 0.3 is 5.97 Å². The molecule has 0 spiro atoms. The Morgan fingerprint density at radius 2 is 1.06 bits per heavy atom. The van der Waals surface area contributed by atoms with Crippen molar-refractivity contribution in [2.24, 2.45) is 0 Å². The molecule has 0 fully saturated rings. The number of amides is 1. The summed E-state index contributed by atoms with van der Waals surface area (Å²) in [5.41, 5.74) is 14.4. The van der Waals surface area contributed by atoms with Gasteiger partial charge in [0.25, 0.3) is 5.91 Å². The van der Waals surface area contributed by atoms with E-state index >= 15 is 0 Å². The molecule has 5 heteroatoms. The number of anilines is 1. The summed E-state index contributed by atoms with van der Waals surface area (Å²) in [5.74, 6) is -0.846. The number of aromatic nitrogens is 1. The van der Waals surface area contributed by atoms with Crippen molar-refractivity contribution in [1.82, 2.24) is 4.57 Å². The summed E-state index contributed by atoms with van der Waals surface area (Å²) < 4.78 is 2.22. The Balaban J connectivity index is 0.000000168. The average Bonchev–Trinajstić information content (AvgIpc) is 3.56. The Morgan fingerprint density at radius 3 is 1.65 bits per heavy atom. The molecule has 1 aliphatic heterocycles. The predicted molar refractivity (Wildman–Crippen MR) is 204 cm³/mol. The van der Waals surface area contributed by atoms with Crippen molar-refractivity contribution in [3.05, 3.63) is 208 Å². The van der Waals surface area contributed by atoms with Crippen LogP contribution in [0.4, 0.5) is 5.69 Å². The van der Waals surface area contributed by atoms with E-state index in [1.54, 1.807) is 12.1 Å². The van der Waals surface area contributed by atoms with Crippen molar-refractivity contribution in [2.45, 2.75) is 38.8 Å². The fraction of sp³-hybridized carbons (Fsp3) is 0.130. The van der Waals surface area contributed by atoms with Crippen molar-refractivity contribution in [3.8, 4) is 0 Å². The van der Waals surface area contributed by atoms with Crippen molar-refractivity contribution in [2.75, 3.05) is 4.90 Å². The molecule has 0 unspecified atom stereocenters. The number of allylic oxidation sites excluding steroid dienone is 2. The van der Waals surface area contributed by atoms with Crippen LogP contribution in [0.25, 0.3) is 11.1 Å². The number of fused-ring (bicyclic) bond motifs is 4. The lowest BCUT2D eigenvalue weighted by molar-refractivity contribution is 0.0696. The SMILES string of the molecule is O=C(O)c1ccc(C2=CCCc3ccccc32)cc1.O=C(c1ccc(C2=CCCc3ccccc32)cc1)N1Cc2cccn2Cc2ccccc21. The standard InChI is InChI=1S/C29H24N2O.C17H14O2/c32-29(31-20-25-10-6-18-30(25)19-24-8-2-4-13-28(24)31)23-16-14-22(15-17-23)27-12-5-9-21-7-1-3-11-26(21)27;18-17(19)14-10-8-13(9-11-14)16-7-3-5-12-4-1-2-6-15(12)16/h1-4,6-8,10-18H,5,9,19-20H2;1-2,4,6-11H,3,5H2,(H,18,19). The molecule has 0 radical (unpaired) electrons. The first-order valence-corrected chi connectivity index (χ1v) is 17.6. The monoisotopic (exact) mass is 666 g/mol. The van der Waals surface area contributed by atoms with Gasteiger partial charge in [-0.2, -0.15) is 0 Å². The molecule has 2 aliphatic carbocycles. The van der Waals surface area contributed by atoms with Gasteiger partial charge in [-0.25, -0.2) is 4.79 Å². The summed E-state index contributed by atoms with van der Waals surface area (Å²) in [5, 5.41) is 8.93. The van der Waals surface area contributed by atoms with Crippen LogP contribution in [0.2, 0.25) is 0 Å². The first-order chi connectivity index (χ1) is 25.0. The van der Waals surface area contributed by atoms with E-state index in [2.05, 4.69) is 102 Å². The molecule has 3 aliphatic rings. The molecule has 0 saturated carbocycles. The van der Waals surface area contributed by atoms with Gasteiger partial charge < -0.3 is 14.6 Å². The second-order valence-corrected chi connectivity index (χ2v) is 13.2. The third kappa shape index (κ3) is 6.47. The molecule has 0 bridgehead atoms. The second kappa shape index (κ2) is 14.0. The number of aryl methyl sites for hydroxylation is 2. The average molecular weight is 667 g/mol. The Kier molecular flexibility index (Phi) is 8.77.